The van der Waals surface area contributed by atoms with Crippen LogP contribution in [0.25, 0.3) is 11.1 Å². The molecule has 1 N–H and O–H groups in total. The standard InChI is InChI=1S/C13H16N2O4S/c1-15-11-7-6-10(8-12(11)19-13(15)16)20(17,18)14-9-4-2-3-5-9/h6-9,14H,2-5H2,1H3. The van der Waals surface area contributed by atoms with E-state index in [0.717, 1.165) is 25.7 Å². The molecule has 0 amide bonds. The lowest BCUT2D eigenvalue weighted by molar-refractivity contribution is 0.526. The van der Waals surface area contributed by atoms with Crippen LogP contribution in [0, 0.1) is 0 Å². The molecule has 108 valence electrons. The Morgan fingerprint density at radius 1 is 1.30 bits per heavy atom. The number of rotatable bonds is 3. The third kappa shape index (κ3) is 2.27. The van der Waals surface area contributed by atoms with E-state index >= 15 is 0 Å². The number of hydrogen-bond donors (Lipinski definition) is 1. The SMILES string of the molecule is Cn1c(=O)oc2cc(S(=O)(=O)NC3CCCC3)ccc21. The Bertz CT molecular complexity index is 797. The third-order valence-corrected chi connectivity index (χ3v) is 5.27. The molecule has 0 atom stereocenters. The Morgan fingerprint density at radius 3 is 2.70 bits per heavy atom. The van der Waals surface area contributed by atoms with Gasteiger partial charge < -0.3 is 4.42 Å². The zero-order chi connectivity index (χ0) is 14.3. The summed E-state index contributed by atoms with van der Waals surface area (Å²) in [6.07, 6.45) is 3.86. The number of oxazole rings is 1. The van der Waals surface area contributed by atoms with Gasteiger partial charge in [0.15, 0.2) is 5.58 Å². The summed E-state index contributed by atoms with van der Waals surface area (Å²) in [6.45, 7) is 0. The predicted octanol–water partition coefficient (Wildman–Crippen LogP) is 1.35. The maximum absolute atomic E-state index is 12.3. The molecule has 1 aromatic heterocycles. The molecule has 0 radical (unpaired) electrons. The smallest absolute Gasteiger partial charge is 0.408 e. The first-order valence-corrected chi connectivity index (χ1v) is 8.07. The van der Waals surface area contributed by atoms with Crippen LogP contribution in [0.15, 0.2) is 32.3 Å². The van der Waals surface area contributed by atoms with Gasteiger partial charge in [0, 0.05) is 19.2 Å². The Morgan fingerprint density at radius 2 is 2.00 bits per heavy atom. The lowest BCUT2D eigenvalue weighted by Crippen LogP contribution is -2.32. The van der Waals surface area contributed by atoms with Gasteiger partial charge in [-0.25, -0.2) is 17.9 Å². The quantitative estimate of drug-likeness (QED) is 0.927. The number of nitrogens with one attached hydrogen (secondary N) is 1. The van der Waals surface area contributed by atoms with Crippen LogP contribution >= 0.6 is 0 Å². The second-order valence-electron chi connectivity index (χ2n) is 5.16. The van der Waals surface area contributed by atoms with E-state index in [2.05, 4.69) is 4.72 Å². The highest BCUT2D eigenvalue weighted by Gasteiger charge is 2.23. The largest absolute Gasteiger partial charge is 0.419 e. The number of benzene rings is 1. The van der Waals surface area contributed by atoms with Crippen molar-refractivity contribution < 1.29 is 12.8 Å². The van der Waals surface area contributed by atoms with Gasteiger partial charge in [0.1, 0.15) is 0 Å². The highest BCUT2D eigenvalue weighted by atomic mass is 32.2. The molecule has 6 nitrogen and oxygen atoms in total. The van der Waals surface area contributed by atoms with Crippen molar-refractivity contribution in [2.45, 2.75) is 36.6 Å². The monoisotopic (exact) mass is 296 g/mol. The van der Waals surface area contributed by atoms with Gasteiger partial charge in [-0.05, 0) is 25.0 Å². The topological polar surface area (TPSA) is 81.3 Å². The fourth-order valence-electron chi connectivity index (χ4n) is 2.61. The molecule has 3 rings (SSSR count). The predicted molar refractivity (Wildman–Crippen MR) is 74.0 cm³/mol. The summed E-state index contributed by atoms with van der Waals surface area (Å²) < 4.78 is 33.6. The molecule has 1 aromatic carbocycles. The van der Waals surface area contributed by atoms with Gasteiger partial charge in [0.05, 0.1) is 10.4 Å². The van der Waals surface area contributed by atoms with Crippen LogP contribution in [0.4, 0.5) is 0 Å². The molecule has 20 heavy (non-hydrogen) atoms. The van der Waals surface area contributed by atoms with Crippen molar-refractivity contribution >= 4 is 21.1 Å². The molecule has 0 bridgehead atoms. The highest BCUT2D eigenvalue weighted by molar-refractivity contribution is 7.89. The Labute approximate surface area is 116 Å². The molecular weight excluding hydrogens is 280 g/mol. The van der Waals surface area contributed by atoms with E-state index in [4.69, 9.17) is 4.42 Å². The zero-order valence-corrected chi connectivity index (χ0v) is 11.9. The number of aromatic nitrogens is 1. The van der Waals surface area contributed by atoms with Crippen molar-refractivity contribution in [3.63, 3.8) is 0 Å². The second kappa shape index (κ2) is 4.75. The van der Waals surface area contributed by atoms with Gasteiger partial charge in [0.2, 0.25) is 10.0 Å². The van der Waals surface area contributed by atoms with Crippen molar-refractivity contribution in [3.8, 4) is 0 Å². The van der Waals surface area contributed by atoms with Gasteiger partial charge in [-0.15, -0.1) is 0 Å². The molecule has 0 spiro atoms. The minimum absolute atomic E-state index is 0.0125. The average molecular weight is 296 g/mol. The molecule has 2 aromatic rings. The first kappa shape index (κ1) is 13.4. The average Bonchev–Trinajstić information content (AvgIpc) is 2.98. The van der Waals surface area contributed by atoms with Gasteiger partial charge in [-0.3, -0.25) is 4.57 Å². The molecule has 0 aliphatic heterocycles. The van der Waals surface area contributed by atoms with Crippen molar-refractivity contribution in [2.75, 3.05) is 0 Å². The molecule has 0 unspecified atom stereocenters. The van der Waals surface area contributed by atoms with Crippen LogP contribution < -0.4 is 10.5 Å². The zero-order valence-electron chi connectivity index (χ0n) is 11.1. The van der Waals surface area contributed by atoms with Crippen molar-refractivity contribution in [3.05, 3.63) is 28.7 Å². The fraction of sp³-hybridized carbons (Fsp3) is 0.462. The number of hydrogen-bond acceptors (Lipinski definition) is 4. The second-order valence-corrected chi connectivity index (χ2v) is 6.87. The Kier molecular flexibility index (Phi) is 3.18. The van der Waals surface area contributed by atoms with E-state index in [-0.39, 0.29) is 16.5 Å². The van der Waals surface area contributed by atoms with E-state index in [1.165, 1.54) is 16.7 Å². The summed E-state index contributed by atoms with van der Waals surface area (Å²) in [5.41, 5.74) is 0.863. The lowest BCUT2D eigenvalue weighted by atomic mass is 10.3. The Hall–Kier alpha value is -1.60. The molecule has 7 heteroatoms. The molecule has 1 saturated carbocycles. The molecule has 1 fully saturated rings. The minimum Gasteiger partial charge on any atom is -0.408 e. The number of nitrogens with zero attached hydrogens (tertiary/aromatic N) is 1. The molecular formula is C13H16N2O4S. The Balaban J connectivity index is 1.98. The van der Waals surface area contributed by atoms with Crippen molar-refractivity contribution in [1.82, 2.24) is 9.29 Å². The number of aryl methyl sites for hydroxylation is 1. The summed E-state index contributed by atoms with van der Waals surface area (Å²) in [5.74, 6) is -0.502. The van der Waals surface area contributed by atoms with Gasteiger partial charge in [-0.1, -0.05) is 12.8 Å². The van der Waals surface area contributed by atoms with Crippen molar-refractivity contribution in [2.24, 2.45) is 7.05 Å². The highest BCUT2D eigenvalue weighted by Crippen LogP contribution is 2.22. The maximum Gasteiger partial charge on any atom is 0.419 e. The van der Waals surface area contributed by atoms with Gasteiger partial charge in [0.25, 0.3) is 0 Å². The lowest BCUT2D eigenvalue weighted by Gasteiger charge is -2.12. The van der Waals surface area contributed by atoms with Crippen LogP contribution in [0.1, 0.15) is 25.7 Å². The van der Waals surface area contributed by atoms with E-state index in [0.29, 0.717) is 5.52 Å². The van der Waals surface area contributed by atoms with Crippen LogP contribution in [-0.2, 0) is 17.1 Å². The van der Waals surface area contributed by atoms with Crippen LogP contribution in [0.3, 0.4) is 0 Å². The minimum atomic E-state index is -3.56. The van der Waals surface area contributed by atoms with Gasteiger partial charge in [-0.2, -0.15) is 0 Å². The summed E-state index contributed by atoms with van der Waals surface area (Å²) in [5, 5.41) is 0. The first-order chi connectivity index (χ1) is 9.47. The maximum atomic E-state index is 12.3. The fourth-order valence-corrected chi connectivity index (χ4v) is 3.93. The molecule has 0 saturated heterocycles. The van der Waals surface area contributed by atoms with Gasteiger partial charge >= 0.3 is 5.76 Å². The summed E-state index contributed by atoms with van der Waals surface area (Å²) in [6, 6.07) is 4.49. The summed E-state index contributed by atoms with van der Waals surface area (Å²) >= 11 is 0. The summed E-state index contributed by atoms with van der Waals surface area (Å²) in [7, 11) is -1.98. The number of fused-ring (bicyclic) bond motifs is 1. The molecule has 1 aliphatic carbocycles. The van der Waals surface area contributed by atoms with E-state index < -0.39 is 15.8 Å². The third-order valence-electron chi connectivity index (χ3n) is 3.75. The van der Waals surface area contributed by atoms with Crippen LogP contribution in [0.2, 0.25) is 0 Å². The van der Waals surface area contributed by atoms with Crippen molar-refractivity contribution in [1.29, 1.82) is 0 Å². The van der Waals surface area contributed by atoms with E-state index in [1.54, 1.807) is 13.1 Å². The van der Waals surface area contributed by atoms with E-state index in [1.807, 2.05) is 0 Å². The van der Waals surface area contributed by atoms with E-state index in [9.17, 15) is 13.2 Å². The summed E-state index contributed by atoms with van der Waals surface area (Å²) in [4.78, 5) is 11.5. The van der Waals surface area contributed by atoms with Crippen LogP contribution in [0.5, 0.6) is 0 Å². The normalized spacial score (nSPS) is 17.1. The number of sulfonamides is 1. The molecule has 1 heterocycles. The molecule has 1 aliphatic rings. The first-order valence-electron chi connectivity index (χ1n) is 6.59. The van der Waals surface area contributed by atoms with Crippen LogP contribution in [-0.4, -0.2) is 19.0 Å².